The lowest BCUT2D eigenvalue weighted by Gasteiger charge is -2.36. The van der Waals surface area contributed by atoms with E-state index in [1.54, 1.807) is 0 Å². The van der Waals surface area contributed by atoms with Crippen molar-refractivity contribution in [3.8, 4) is 0 Å². The van der Waals surface area contributed by atoms with Crippen LogP contribution < -0.4 is 11.1 Å². The molecule has 0 spiro atoms. The first-order valence-electron chi connectivity index (χ1n) is 6.44. The molecule has 0 aromatic heterocycles. The highest BCUT2D eigenvalue weighted by molar-refractivity contribution is 5.54. The molecule has 0 bridgehead atoms. The fraction of sp³-hybridized carbons (Fsp3) is 0.571. The summed E-state index contributed by atoms with van der Waals surface area (Å²) in [5, 5.41) is 13.0. The highest BCUT2D eigenvalue weighted by atomic mass is 16.3. The van der Waals surface area contributed by atoms with Gasteiger partial charge < -0.3 is 16.2 Å². The van der Waals surface area contributed by atoms with Crippen molar-refractivity contribution in [1.29, 1.82) is 0 Å². The van der Waals surface area contributed by atoms with Crippen molar-refractivity contribution in [2.24, 2.45) is 5.41 Å². The summed E-state index contributed by atoms with van der Waals surface area (Å²) in [6.07, 6.45) is 6.02. The van der Waals surface area contributed by atoms with Crippen molar-refractivity contribution < 1.29 is 5.11 Å². The second-order valence-corrected chi connectivity index (χ2v) is 5.20. The number of nitrogens with two attached hydrogens (primary N) is 1. The summed E-state index contributed by atoms with van der Waals surface area (Å²) in [6.45, 7) is 1.12. The molecule has 2 rings (SSSR count). The molecule has 1 fully saturated rings. The number of benzene rings is 1. The van der Waals surface area contributed by atoms with Gasteiger partial charge in [0, 0.05) is 23.3 Å². The Morgan fingerprint density at radius 1 is 1.24 bits per heavy atom. The van der Waals surface area contributed by atoms with Gasteiger partial charge in [-0.05, 0) is 31.0 Å². The molecule has 0 amide bonds. The number of nitrogens with one attached hydrogen (secondary N) is 1. The van der Waals surface area contributed by atoms with E-state index in [4.69, 9.17) is 5.73 Å². The fourth-order valence-electron chi connectivity index (χ4n) is 2.63. The SMILES string of the molecule is Nc1cccc(NCC2(CO)CCCCC2)c1. The average molecular weight is 234 g/mol. The molecule has 0 radical (unpaired) electrons. The number of hydrogen-bond acceptors (Lipinski definition) is 3. The van der Waals surface area contributed by atoms with Crippen molar-refractivity contribution in [1.82, 2.24) is 0 Å². The Kier molecular flexibility index (Phi) is 3.89. The molecule has 1 aliphatic carbocycles. The van der Waals surface area contributed by atoms with Crippen LogP contribution in [0, 0.1) is 5.41 Å². The van der Waals surface area contributed by atoms with Crippen LogP contribution in [0.1, 0.15) is 32.1 Å². The number of hydrogen-bond donors (Lipinski definition) is 3. The first-order valence-corrected chi connectivity index (χ1v) is 6.44. The fourth-order valence-corrected chi connectivity index (χ4v) is 2.63. The Balaban J connectivity index is 1.95. The molecule has 0 aliphatic heterocycles. The maximum atomic E-state index is 9.61. The molecule has 0 atom stereocenters. The van der Waals surface area contributed by atoms with Crippen molar-refractivity contribution >= 4 is 11.4 Å². The molecule has 1 aliphatic rings. The standard InChI is InChI=1S/C14H22N2O/c15-12-5-4-6-13(9-12)16-10-14(11-17)7-2-1-3-8-14/h4-6,9,16-17H,1-3,7-8,10-11,15H2. The second-order valence-electron chi connectivity index (χ2n) is 5.20. The first kappa shape index (κ1) is 12.2. The molecule has 1 aromatic carbocycles. The van der Waals surface area contributed by atoms with Gasteiger partial charge in [-0.2, -0.15) is 0 Å². The van der Waals surface area contributed by atoms with Gasteiger partial charge in [-0.25, -0.2) is 0 Å². The van der Waals surface area contributed by atoms with E-state index >= 15 is 0 Å². The zero-order chi connectivity index (χ0) is 12.1. The maximum absolute atomic E-state index is 9.61. The molecule has 3 heteroatoms. The van der Waals surface area contributed by atoms with Crippen LogP contribution >= 0.6 is 0 Å². The van der Waals surface area contributed by atoms with Crippen LogP contribution in [-0.2, 0) is 0 Å². The van der Waals surface area contributed by atoms with E-state index in [2.05, 4.69) is 5.32 Å². The van der Waals surface area contributed by atoms with Gasteiger partial charge in [0.25, 0.3) is 0 Å². The minimum Gasteiger partial charge on any atom is -0.399 e. The summed E-state index contributed by atoms with van der Waals surface area (Å²) in [5.74, 6) is 0. The van der Waals surface area contributed by atoms with E-state index in [0.29, 0.717) is 0 Å². The quantitative estimate of drug-likeness (QED) is 0.702. The van der Waals surface area contributed by atoms with Crippen molar-refractivity contribution in [3.63, 3.8) is 0 Å². The van der Waals surface area contributed by atoms with Gasteiger partial charge in [0.1, 0.15) is 0 Å². The van der Waals surface area contributed by atoms with Crippen molar-refractivity contribution in [3.05, 3.63) is 24.3 Å². The summed E-state index contributed by atoms with van der Waals surface area (Å²) in [6, 6.07) is 7.79. The highest BCUT2D eigenvalue weighted by Gasteiger charge is 2.30. The highest BCUT2D eigenvalue weighted by Crippen LogP contribution is 2.36. The number of nitrogen functional groups attached to an aromatic ring is 1. The van der Waals surface area contributed by atoms with Gasteiger partial charge in [0.05, 0.1) is 6.61 Å². The predicted molar refractivity (Wildman–Crippen MR) is 71.9 cm³/mol. The third kappa shape index (κ3) is 3.13. The number of anilines is 2. The Morgan fingerprint density at radius 3 is 2.65 bits per heavy atom. The Labute approximate surface area is 103 Å². The Hall–Kier alpha value is -1.22. The van der Waals surface area contributed by atoms with Crippen LogP contribution in [0.15, 0.2) is 24.3 Å². The molecule has 0 unspecified atom stereocenters. The average Bonchev–Trinajstić information content (AvgIpc) is 2.38. The van der Waals surface area contributed by atoms with E-state index < -0.39 is 0 Å². The van der Waals surface area contributed by atoms with E-state index in [-0.39, 0.29) is 12.0 Å². The molecule has 0 saturated heterocycles. The molecule has 94 valence electrons. The Morgan fingerprint density at radius 2 is 2.00 bits per heavy atom. The smallest absolute Gasteiger partial charge is 0.0504 e. The molecular formula is C14H22N2O. The van der Waals surface area contributed by atoms with Crippen molar-refractivity contribution in [2.45, 2.75) is 32.1 Å². The minimum atomic E-state index is 0.0723. The zero-order valence-corrected chi connectivity index (χ0v) is 10.3. The Bertz CT molecular complexity index is 359. The van der Waals surface area contributed by atoms with Gasteiger partial charge in [-0.1, -0.05) is 25.3 Å². The van der Waals surface area contributed by atoms with Crippen molar-refractivity contribution in [2.75, 3.05) is 24.2 Å². The topological polar surface area (TPSA) is 58.3 Å². The third-order valence-corrected chi connectivity index (χ3v) is 3.80. The lowest BCUT2D eigenvalue weighted by atomic mass is 9.74. The van der Waals surface area contributed by atoms with E-state index in [1.165, 1.54) is 19.3 Å². The van der Waals surface area contributed by atoms with Crippen LogP contribution in [0.3, 0.4) is 0 Å². The van der Waals surface area contributed by atoms with Crippen LogP contribution in [0.5, 0.6) is 0 Å². The molecule has 3 nitrogen and oxygen atoms in total. The maximum Gasteiger partial charge on any atom is 0.0504 e. The number of aliphatic hydroxyl groups is 1. The van der Waals surface area contributed by atoms with Gasteiger partial charge in [0.15, 0.2) is 0 Å². The summed E-state index contributed by atoms with van der Waals surface area (Å²) in [7, 11) is 0. The zero-order valence-electron chi connectivity index (χ0n) is 10.3. The minimum absolute atomic E-state index is 0.0723. The van der Waals surface area contributed by atoms with Gasteiger partial charge in [-0.3, -0.25) is 0 Å². The number of aliphatic hydroxyl groups excluding tert-OH is 1. The molecule has 1 saturated carbocycles. The monoisotopic (exact) mass is 234 g/mol. The molecule has 17 heavy (non-hydrogen) atoms. The molecule has 4 N–H and O–H groups in total. The number of rotatable bonds is 4. The van der Waals surface area contributed by atoms with Gasteiger partial charge in [0.2, 0.25) is 0 Å². The van der Waals surface area contributed by atoms with Gasteiger partial charge >= 0.3 is 0 Å². The summed E-state index contributed by atoms with van der Waals surface area (Å²) in [5.41, 5.74) is 7.64. The van der Waals surface area contributed by atoms with Gasteiger partial charge in [-0.15, -0.1) is 0 Å². The van der Waals surface area contributed by atoms with E-state index in [0.717, 1.165) is 30.8 Å². The van der Waals surface area contributed by atoms with Crippen LogP contribution in [0.4, 0.5) is 11.4 Å². The lowest BCUT2D eigenvalue weighted by Crippen LogP contribution is -2.35. The van der Waals surface area contributed by atoms with Crippen LogP contribution in [0.2, 0.25) is 0 Å². The summed E-state index contributed by atoms with van der Waals surface area (Å²) >= 11 is 0. The molecule has 0 heterocycles. The predicted octanol–water partition coefficient (Wildman–Crippen LogP) is 2.62. The molecule has 1 aromatic rings. The second kappa shape index (κ2) is 5.41. The molecular weight excluding hydrogens is 212 g/mol. The van der Waals surface area contributed by atoms with Crippen LogP contribution in [-0.4, -0.2) is 18.3 Å². The first-order chi connectivity index (χ1) is 8.24. The largest absolute Gasteiger partial charge is 0.399 e. The lowest BCUT2D eigenvalue weighted by molar-refractivity contribution is 0.0944. The van der Waals surface area contributed by atoms with E-state index in [1.807, 2.05) is 24.3 Å². The summed E-state index contributed by atoms with van der Waals surface area (Å²) in [4.78, 5) is 0. The summed E-state index contributed by atoms with van der Waals surface area (Å²) < 4.78 is 0. The van der Waals surface area contributed by atoms with E-state index in [9.17, 15) is 5.11 Å². The third-order valence-electron chi connectivity index (χ3n) is 3.80. The normalized spacial score (nSPS) is 18.9. The van der Waals surface area contributed by atoms with Crippen LogP contribution in [0.25, 0.3) is 0 Å².